The van der Waals surface area contributed by atoms with E-state index in [1.54, 1.807) is 30.4 Å². The number of hydrogen-bond acceptors (Lipinski definition) is 4. The average molecular weight is 374 g/mol. The molecule has 1 aromatic heterocycles. The third kappa shape index (κ3) is 3.84. The lowest BCUT2D eigenvalue weighted by molar-refractivity contribution is 0.597. The predicted molar refractivity (Wildman–Crippen MR) is 88.4 cm³/mol. The summed E-state index contributed by atoms with van der Waals surface area (Å²) in [4.78, 5) is 1.65. The van der Waals surface area contributed by atoms with Gasteiger partial charge in [0.05, 0.1) is 20.1 Å². The summed E-state index contributed by atoms with van der Waals surface area (Å²) in [6.07, 6.45) is 0.872. The van der Waals surface area contributed by atoms with Crippen molar-refractivity contribution in [3.8, 4) is 0 Å². The average Bonchev–Trinajstić information content (AvgIpc) is 2.85. The quantitative estimate of drug-likeness (QED) is 0.833. The summed E-state index contributed by atoms with van der Waals surface area (Å²) in [6.45, 7) is 2.37. The van der Waals surface area contributed by atoms with E-state index >= 15 is 0 Å². The van der Waals surface area contributed by atoms with E-state index in [2.05, 4.69) is 27.3 Å². The zero-order valence-electron chi connectivity index (χ0n) is 11.1. The second-order valence-corrected chi connectivity index (χ2v) is 9.08. The van der Waals surface area contributed by atoms with Crippen LogP contribution in [0.5, 0.6) is 0 Å². The van der Waals surface area contributed by atoms with E-state index in [9.17, 15) is 8.42 Å². The molecule has 0 spiro atoms. The van der Waals surface area contributed by atoms with Gasteiger partial charge >= 0.3 is 0 Å². The molecule has 0 saturated carbocycles. The Balaban J connectivity index is 2.06. The van der Waals surface area contributed by atoms with Crippen LogP contribution in [0.2, 0.25) is 0 Å². The monoisotopic (exact) mass is 373 g/mol. The minimum atomic E-state index is -3.19. The molecule has 0 radical (unpaired) electrons. The summed E-state index contributed by atoms with van der Waals surface area (Å²) >= 11 is 5.13. The molecule has 1 N–H and O–H groups in total. The third-order valence-electron chi connectivity index (χ3n) is 2.92. The van der Waals surface area contributed by atoms with Gasteiger partial charge in [-0.2, -0.15) is 0 Å². The largest absolute Gasteiger partial charge is 0.384 e. The summed E-state index contributed by atoms with van der Waals surface area (Å²) in [7, 11) is -3.19. The Morgan fingerprint density at radius 3 is 2.60 bits per heavy atom. The zero-order valence-corrected chi connectivity index (χ0v) is 14.3. The number of para-hydroxylation sites is 1. The molecule has 0 fully saturated rings. The van der Waals surface area contributed by atoms with Crippen molar-refractivity contribution in [2.75, 3.05) is 17.6 Å². The van der Waals surface area contributed by atoms with Crippen molar-refractivity contribution in [1.29, 1.82) is 0 Å². The highest BCUT2D eigenvalue weighted by Crippen LogP contribution is 2.24. The Morgan fingerprint density at radius 2 is 1.95 bits per heavy atom. The molecule has 0 aliphatic carbocycles. The van der Waals surface area contributed by atoms with Gasteiger partial charge in [-0.1, -0.05) is 19.1 Å². The number of halogens is 1. The molecule has 2 rings (SSSR count). The molecule has 0 aliphatic heterocycles. The van der Waals surface area contributed by atoms with Gasteiger partial charge in [0.15, 0.2) is 9.84 Å². The number of nitrogens with one attached hydrogen (secondary N) is 1. The molecule has 1 aromatic carbocycles. The van der Waals surface area contributed by atoms with Gasteiger partial charge in [-0.25, -0.2) is 8.42 Å². The van der Waals surface area contributed by atoms with Crippen molar-refractivity contribution in [3.63, 3.8) is 0 Å². The summed E-state index contributed by atoms with van der Waals surface area (Å²) < 4.78 is 25.1. The Morgan fingerprint density at radius 1 is 1.20 bits per heavy atom. The van der Waals surface area contributed by atoms with Crippen molar-refractivity contribution in [2.24, 2.45) is 0 Å². The maximum Gasteiger partial charge on any atom is 0.180 e. The Kier molecular flexibility index (Phi) is 5.23. The van der Waals surface area contributed by atoms with Crippen molar-refractivity contribution < 1.29 is 8.42 Å². The van der Waals surface area contributed by atoms with Crippen LogP contribution in [0.25, 0.3) is 0 Å². The summed E-state index contributed by atoms with van der Waals surface area (Å²) in [5.41, 5.74) is 0.685. The van der Waals surface area contributed by atoms with E-state index in [0.717, 1.165) is 10.2 Å². The number of anilines is 1. The fourth-order valence-electron chi connectivity index (χ4n) is 1.85. The molecule has 0 atom stereocenters. The Bertz CT molecular complexity index is 680. The maximum atomic E-state index is 12.0. The molecule has 2 aromatic rings. The van der Waals surface area contributed by atoms with E-state index < -0.39 is 9.84 Å². The second kappa shape index (κ2) is 6.74. The van der Waals surface area contributed by atoms with Crippen molar-refractivity contribution in [3.05, 3.63) is 45.1 Å². The minimum Gasteiger partial charge on any atom is -0.384 e. The van der Waals surface area contributed by atoms with Gasteiger partial charge in [-0.05, 0) is 46.6 Å². The van der Waals surface area contributed by atoms with E-state index in [1.807, 2.05) is 18.2 Å². The molecule has 0 amide bonds. The smallest absolute Gasteiger partial charge is 0.180 e. The van der Waals surface area contributed by atoms with Crippen LogP contribution in [-0.2, 0) is 16.3 Å². The Hall–Kier alpha value is -0.850. The van der Waals surface area contributed by atoms with Crippen molar-refractivity contribution >= 4 is 42.8 Å². The van der Waals surface area contributed by atoms with Gasteiger partial charge in [0.25, 0.3) is 0 Å². The number of rotatable bonds is 6. The maximum absolute atomic E-state index is 12.0. The fourth-order valence-corrected chi connectivity index (χ4v) is 4.40. The molecule has 0 unspecified atom stereocenters. The molecular weight excluding hydrogens is 358 g/mol. The van der Waals surface area contributed by atoms with Crippen LogP contribution in [0.15, 0.2) is 45.1 Å². The molecule has 20 heavy (non-hydrogen) atoms. The van der Waals surface area contributed by atoms with Crippen LogP contribution >= 0.6 is 27.3 Å². The van der Waals surface area contributed by atoms with Crippen molar-refractivity contribution in [1.82, 2.24) is 0 Å². The topological polar surface area (TPSA) is 46.2 Å². The minimum absolute atomic E-state index is 0.115. The normalized spacial score (nSPS) is 11.5. The summed E-state index contributed by atoms with van der Waals surface area (Å²) in [6, 6.07) is 11.2. The van der Waals surface area contributed by atoms with Gasteiger partial charge in [0, 0.05) is 11.4 Å². The van der Waals surface area contributed by atoms with Gasteiger partial charge < -0.3 is 5.32 Å². The number of thiophene rings is 1. The highest BCUT2D eigenvalue weighted by atomic mass is 79.9. The molecule has 1 heterocycles. The van der Waals surface area contributed by atoms with E-state index in [-0.39, 0.29) is 5.75 Å². The highest BCUT2D eigenvalue weighted by Gasteiger charge is 2.15. The standard InChI is InChI=1S/C14H16BrNO2S2/c1-2-20(17,18)13-6-4-3-5-12(13)16-10-9-11-7-8-14(15)19-11/h3-8,16H,2,9-10H2,1H3. The number of sulfone groups is 1. The molecule has 0 bridgehead atoms. The molecule has 6 heteroatoms. The first-order chi connectivity index (χ1) is 9.53. The van der Waals surface area contributed by atoms with Crippen LogP contribution in [0, 0.1) is 0 Å². The Labute approximate surface area is 132 Å². The molecular formula is C14H16BrNO2S2. The second-order valence-electron chi connectivity index (χ2n) is 4.28. The number of benzene rings is 1. The molecule has 0 aliphatic rings. The van der Waals surface area contributed by atoms with Crippen LogP contribution in [0.1, 0.15) is 11.8 Å². The van der Waals surface area contributed by atoms with Gasteiger partial charge in [0.2, 0.25) is 0 Å². The highest BCUT2D eigenvalue weighted by molar-refractivity contribution is 9.11. The molecule has 108 valence electrons. The van der Waals surface area contributed by atoms with Crippen LogP contribution < -0.4 is 5.32 Å². The van der Waals surface area contributed by atoms with Crippen molar-refractivity contribution in [2.45, 2.75) is 18.2 Å². The SMILES string of the molecule is CCS(=O)(=O)c1ccccc1NCCc1ccc(Br)s1. The first kappa shape index (κ1) is 15.5. The van der Waals surface area contributed by atoms with E-state index in [1.165, 1.54) is 4.88 Å². The van der Waals surface area contributed by atoms with E-state index in [4.69, 9.17) is 0 Å². The molecule has 0 saturated heterocycles. The van der Waals surface area contributed by atoms with Gasteiger partial charge in [-0.3, -0.25) is 0 Å². The fraction of sp³-hybridized carbons (Fsp3) is 0.286. The third-order valence-corrected chi connectivity index (χ3v) is 6.39. The lowest BCUT2D eigenvalue weighted by Gasteiger charge is -2.11. The van der Waals surface area contributed by atoms with Gasteiger partial charge in [0.1, 0.15) is 0 Å². The van der Waals surface area contributed by atoms with Crippen LogP contribution in [0.3, 0.4) is 0 Å². The summed E-state index contributed by atoms with van der Waals surface area (Å²) in [5.74, 6) is 0.115. The van der Waals surface area contributed by atoms with Crippen LogP contribution in [-0.4, -0.2) is 20.7 Å². The zero-order chi connectivity index (χ0) is 14.6. The summed E-state index contributed by atoms with van der Waals surface area (Å²) in [5, 5.41) is 3.22. The lowest BCUT2D eigenvalue weighted by Crippen LogP contribution is -2.10. The van der Waals surface area contributed by atoms with Gasteiger partial charge in [-0.15, -0.1) is 11.3 Å². The first-order valence-electron chi connectivity index (χ1n) is 6.33. The first-order valence-corrected chi connectivity index (χ1v) is 9.59. The number of hydrogen-bond donors (Lipinski definition) is 1. The van der Waals surface area contributed by atoms with E-state index in [0.29, 0.717) is 17.1 Å². The predicted octanol–water partition coefficient (Wildman–Crippen LogP) is 3.96. The van der Waals surface area contributed by atoms with Crippen LogP contribution in [0.4, 0.5) is 5.69 Å². The molecule has 3 nitrogen and oxygen atoms in total. The lowest BCUT2D eigenvalue weighted by atomic mass is 10.3.